The molecule has 0 saturated carbocycles. The summed E-state index contributed by atoms with van der Waals surface area (Å²) in [6, 6.07) is 25.2. The van der Waals surface area contributed by atoms with E-state index in [0.29, 0.717) is 39.6 Å². The van der Waals surface area contributed by atoms with E-state index in [9.17, 15) is 8.42 Å². The smallest absolute Gasteiger partial charge is 0.206 e. The first-order valence-corrected chi connectivity index (χ1v) is 15.0. The molecule has 0 aliphatic heterocycles. The van der Waals surface area contributed by atoms with E-state index in [1.54, 1.807) is 42.9 Å². The first-order valence-electron chi connectivity index (χ1n) is 12.3. The van der Waals surface area contributed by atoms with Crippen molar-refractivity contribution in [3.63, 3.8) is 0 Å². The molecule has 7 nitrogen and oxygen atoms in total. The van der Waals surface area contributed by atoms with Gasteiger partial charge >= 0.3 is 0 Å². The molecule has 0 aliphatic carbocycles. The van der Waals surface area contributed by atoms with Crippen LogP contribution >= 0.6 is 34.8 Å². The van der Waals surface area contributed by atoms with Gasteiger partial charge in [-0.25, -0.2) is 13.4 Å². The van der Waals surface area contributed by atoms with Crippen molar-refractivity contribution < 1.29 is 13.2 Å². The Balaban J connectivity index is 0.000000201. The number of hydrogen-bond donors (Lipinski definition) is 2. The fourth-order valence-electron chi connectivity index (χ4n) is 3.80. The van der Waals surface area contributed by atoms with Crippen molar-refractivity contribution in [2.24, 2.45) is 0 Å². The van der Waals surface area contributed by atoms with Crippen molar-refractivity contribution in [1.82, 2.24) is 9.55 Å². The van der Waals surface area contributed by atoms with Crippen LogP contribution in [0.25, 0.3) is 0 Å². The first-order chi connectivity index (χ1) is 19.6. The number of rotatable bonds is 8. The number of sulfone groups is 1. The summed E-state index contributed by atoms with van der Waals surface area (Å²) in [5.74, 6) is 0. The molecule has 1 aromatic heterocycles. The summed E-state index contributed by atoms with van der Waals surface area (Å²) in [5, 5.41) is 1.89. The molecule has 1 unspecified atom stereocenters. The molecule has 1 heterocycles. The van der Waals surface area contributed by atoms with Gasteiger partial charge in [-0.1, -0.05) is 53.0 Å². The maximum absolute atomic E-state index is 12.2. The van der Waals surface area contributed by atoms with Gasteiger partial charge in [0, 0.05) is 44.4 Å². The third kappa shape index (κ3) is 8.48. The number of nitrogens with two attached hydrogens (primary N) is 2. The highest BCUT2D eigenvalue weighted by molar-refractivity contribution is 7.91. The summed E-state index contributed by atoms with van der Waals surface area (Å²) in [4.78, 5) is 4.51. The minimum absolute atomic E-state index is 0.219. The van der Waals surface area contributed by atoms with Gasteiger partial charge in [0.05, 0.1) is 29.3 Å². The van der Waals surface area contributed by atoms with Crippen LogP contribution in [-0.4, -0.2) is 18.0 Å². The Kier molecular flexibility index (Phi) is 10.3. The molecule has 5 rings (SSSR count). The lowest BCUT2D eigenvalue weighted by Gasteiger charge is -2.20. The van der Waals surface area contributed by atoms with Crippen LogP contribution in [0.2, 0.25) is 15.1 Å². The summed E-state index contributed by atoms with van der Waals surface area (Å²) >= 11 is 18.3. The van der Waals surface area contributed by atoms with Crippen molar-refractivity contribution in [3.05, 3.63) is 136 Å². The van der Waals surface area contributed by atoms with Crippen molar-refractivity contribution in [3.8, 4) is 0 Å². The summed E-state index contributed by atoms with van der Waals surface area (Å²) < 4.78 is 32.4. The van der Waals surface area contributed by atoms with Gasteiger partial charge in [-0.2, -0.15) is 0 Å². The lowest BCUT2D eigenvalue weighted by molar-refractivity contribution is 0.0280. The molecule has 212 valence electrons. The average Bonchev–Trinajstić information content (AvgIpc) is 3.46. The zero-order chi connectivity index (χ0) is 29.4. The van der Waals surface area contributed by atoms with E-state index in [1.165, 1.54) is 24.3 Å². The molecular formula is C30H27Cl3N4O3S. The maximum Gasteiger partial charge on any atom is 0.206 e. The van der Waals surface area contributed by atoms with Crippen LogP contribution in [0.1, 0.15) is 17.2 Å². The van der Waals surface area contributed by atoms with Crippen molar-refractivity contribution in [2.75, 3.05) is 11.5 Å². The maximum atomic E-state index is 12.2. The molecule has 0 aliphatic rings. The number of halogens is 3. The molecule has 41 heavy (non-hydrogen) atoms. The number of hydrogen-bond acceptors (Lipinski definition) is 6. The van der Waals surface area contributed by atoms with Gasteiger partial charge in [0.15, 0.2) is 0 Å². The molecule has 4 N–H and O–H groups in total. The van der Waals surface area contributed by atoms with Crippen LogP contribution in [0.5, 0.6) is 0 Å². The van der Waals surface area contributed by atoms with Gasteiger partial charge < -0.3 is 20.8 Å². The van der Waals surface area contributed by atoms with Crippen LogP contribution < -0.4 is 11.5 Å². The molecule has 0 spiro atoms. The lowest BCUT2D eigenvalue weighted by atomic mass is 10.1. The Bertz CT molecular complexity index is 1610. The lowest BCUT2D eigenvalue weighted by Crippen LogP contribution is -2.12. The van der Waals surface area contributed by atoms with E-state index < -0.39 is 9.84 Å². The van der Waals surface area contributed by atoms with Crippen molar-refractivity contribution >= 4 is 56.0 Å². The Labute approximate surface area is 254 Å². The SMILES string of the molecule is Clc1ccc(COC(Cn2ccnc2)c2ccc(Cl)cc2Cl)cc1.Nc1ccc(S(=O)(=O)c2ccc(N)cc2)cc1. The van der Waals surface area contributed by atoms with Crippen molar-refractivity contribution in [1.29, 1.82) is 0 Å². The minimum atomic E-state index is -3.48. The number of anilines is 2. The van der Waals surface area contributed by atoms with Crippen LogP contribution in [-0.2, 0) is 27.7 Å². The Morgan fingerprint density at radius 1 is 0.780 bits per heavy atom. The first kappa shape index (κ1) is 30.4. The van der Waals surface area contributed by atoms with Crippen LogP contribution in [0.15, 0.2) is 120 Å². The number of nitrogens with zero attached hydrogens (tertiary/aromatic N) is 2. The van der Waals surface area contributed by atoms with E-state index in [4.69, 9.17) is 51.0 Å². The van der Waals surface area contributed by atoms with E-state index in [1.807, 2.05) is 47.2 Å². The number of aromatic nitrogens is 2. The van der Waals surface area contributed by atoms with Gasteiger partial charge in [0.2, 0.25) is 9.84 Å². The van der Waals surface area contributed by atoms with Gasteiger partial charge in [-0.3, -0.25) is 0 Å². The summed E-state index contributed by atoms with van der Waals surface area (Å²) in [6.45, 7) is 1.06. The monoisotopic (exact) mass is 628 g/mol. The van der Waals surface area contributed by atoms with Crippen LogP contribution in [0.4, 0.5) is 11.4 Å². The van der Waals surface area contributed by atoms with E-state index in [-0.39, 0.29) is 15.9 Å². The second-order valence-corrected chi connectivity index (χ2v) is 12.2. The van der Waals surface area contributed by atoms with Crippen molar-refractivity contribution in [2.45, 2.75) is 29.0 Å². The normalized spacial score (nSPS) is 11.9. The van der Waals surface area contributed by atoms with E-state index >= 15 is 0 Å². The Hall–Kier alpha value is -3.53. The molecule has 1 atom stereocenters. The molecule has 11 heteroatoms. The third-order valence-corrected chi connectivity index (χ3v) is 8.59. The third-order valence-electron chi connectivity index (χ3n) is 5.99. The molecule has 4 aromatic carbocycles. The number of imidazole rings is 1. The van der Waals surface area contributed by atoms with Gasteiger partial charge in [0.1, 0.15) is 6.10 Å². The standard InChI is InChI=1S/C18H15Cl3N2O.C12H12N2O2S/c19-14-3-1-13(2-4-14)11-24-18(10-23-8-7-22-12-23)16-6-5-15(20)9-17(16)21;13-9-1-5-11(6-2-9)17(15,16)12-7-3-10(14)4-8-12/h1-9,12,18H,10-11H2;1-8H,13-14H2. The molecular weight excluding hydrogens is 603 g/mol. The van der Waals surface area contributed by atoms with Gasteiger partial charge in [-0.15, -0.1) is 0 Å². The molecule has 5 aromatic rings. The number of ether oxygens (including phenoxy) is 1. The molecule has 0 amide bonds. The highest BCUT2D eigenvalue weighted by Gasteiger charge is 2.18. The highest BCUT2D eigenvalue weighted by atomic mass is 35.5. The minimum Gasteiger partial charge on any atom is -0.399 e. The van der Waals surface area contributed by atoms with E-state index in [2.05, 4.69) is 4.98 Å². The largest absolute Gasteiger partial charge is 0.399 e. The second-order valence-electron chi connectivity index (χ2n) is 8.99. The fourth-order valence-corrected chi connectivity index (χ4v) is 5.71. The fraction of sp³-hybridized carbons (Fsp3) is 0.100. The molecule has 0 saturated heterocycles. The van der Waals surface area contributed by atoms with Gasteiger partial charge in [0.25, 0.3) is 0 Å². The summed E-state index contributed by atoms with van der Waals surface area (Å²) in [5.41, 5.74) is 14.0. The number of nitrogen functional groups attached to an aromatic ring is 2. The number of benzene rings is 4. The van der Waals surface area contributed by atoms with Gasteiger partial charge in [-0.05, 0) is 78.4 Å². The average molecular weight is 630 g/mol. The predicted molar refractivity (Wildman–Crippen MR) is 165 cm³/mol. The second kappa shape index (κ2) is 13.9. The Morgan fingerprint density at radius 3 is 1.85 bits per heavy atom. The molecule has 0 bridgehead atoms. The van der Waals surface area contributed by atoms with Crippen LogP contribution in [0, 0.1) is 0 Å². The molecule has 0 radical (unpaired) electrons. The zero-order valence-corrected chi connectivity index (χ0v) is 24.8. The predicted octanol–water partition coefficient (Wildman–Crippen LogP) is 7.49. The van der Waals surface area contributed by atoms with E-state index in [0.717, 1.165) is 11.1 Å². The Morgan fingerprint density at radius 2 is 1.34 bits per heavy atom. The summed E-state index contributed by atoms with van der Waals surface area (Å²) in [7, 11) is -3.48. The zero-order valence-electron chi connectivity index (χ0n) is 21.7. The summed E-state index contributed by atoms with van der Waals surface area (Å²) in [6.07, 6.45) is 5.16. The molecule has 0 fully saturated rings. The topological polar surface area (TPSA) is 113 Å². The highest BCUT2D eigenvalue weighted by Crippen LogP contribution is 2.30. The quantitative estimate of drug-likeness (QED) is 0.172. The van der Waals surface area contributed by atoms with Crippen LogP contribution in [0.3, 0.4) is 0 Å².